The molecule has 0 aliphatic rings. The van der Waals surface area contributed by atoms with Crippen molar-refractivity contribution in [2.45, 2.75) is 0 Å². The number of hydrogen-bond acceptors (Lipinski definition) is 2. The average molecular weight is 325 g/mol. The van der Waals surface area contributed by atoms with E-state index in [1.165, 1.54) is 0 Å². The molecule has 0 saturated heterocycles. The molecule has 0 atom stereocenters. The maximum Gasteiger partial charge on any atom is 0.0959 e. The summed E-state index contributed by atoms with van der Waals surface area (Å²) in [5, 5.41) is 9.62. The zero-order valence-corrected chi connectivity index (χ0v) is 12.4. The second-order valence-electron chi connectivity index (χ2n) is 4.11. The molecule has 0 bridgehead atoms. The minimum Gasteiger partial charge on any atom is -0.213 e. The summed E-state index contributed by atoms with van der Waals surface area (Å²) in [6.07, 6.45) is 1.66. The Morgan fingerprint density at radius 1 is 0.850 bits per heavy atom. The number of nitrogens with zero attached hydrogens (tertiary/aromatic N) is 3. The Bertz CT molecular complexity index is 768. The van der Waals surface area contributed by atoms with E-state index in [2.05, 4.69) is 10.3 Å². The van der Waals surface area contributed by atoms with Crippen LogP contribution in [0, 0.1) is 0 Å². The van der Waals surface area contributed by atoms with E-state index in [0.717, 1.165) is 16.9 Å². The Hall–Kier alpha value is -1.55. The second-order valence-corrected chi connectivity index (χ2v) is 5.33. The predicted octanol–water partition coefficient (Wildman–Crippen LogP) is 4.89. The van der Waals surface area contributed by atoms with Crippen LogP contribution in [0.5, 0.6) is 0 Å². The molecule has 0 saturated carbocycles. The van der Waals surface area contributed by atoms with Gasteiger partial charge in [0.1, 0.15) is 0 Å². The molecular weight excluding hydrogens is 317 g/mol. The Labute approximate surface area is 130 Å². The first-order valence-corrected chi connectivity index (χ1v) is 6.91. The maximum absolute atomic E-state index is 6.22. The fourth-order valence-corrected chi connectivity index (χ4v) is 2.42. The van der Waals surface area contributed by atoms with E-state index in [-0.39, 0.29) is 0 Å². The standard InChI is InChI=1S/C14H8Cl3N3/c15-11-4-2-1-3-10(11)14-8-18-19-20(14)9-5-6-12(16)13(17)7-9/h1-8H. The molecule has 0 aliphatic carbocycles. The van der Waals surface area contributed by atoms with Gasteiger partial charge >= 0.3 is 0 Å². The molecule has 20 heavy (non-hydrogen) atoms. The van der Waals surface area contributed by atoms with Crippen molar-refractivity contribution in [2.75, 3.05) is 0 Å². The van der Waals surface area contributed by atoms with Gasteiger partial charge in [-0.15, -0.1) is 5.10 Å². The zero-order valence-electron chi connectivity index (χ0n) is 10.1. The summed E-state index contributed by atoms with van der Waals surface area (Å²) in [7, 11) is 0. The zero-order chi connectivity index (χ0) is 14.1. The van der Waals surface area contributed by atoms with Crippen molar-refractivity contribution in [3.63, 3.8) is 0 Å². The molecule has 0 radical (unpaired) electrons. The van der Waals surface area contributed by atoms with Crippen molar-refractivity contribution in [3.8, 4) is 16.9 Å². The molecule has 0 N–H and O–H groups in total. The van der Waals surface area contributed by atoms with Gasteiger partial charge in [0, 0.05) is 5.56 Å². The van der Waals surface area contributed by atoms with Crippen LogP contribution >= 0.6 is 34.8 Å². The van der Waals surface area contributed by atoms with E-state index < -0.39 is 0 Å². The molecule has 1 aromatic heterocycles. The Kier molecular flexibility index (Phi) is 3.66. The van der Waals surface area contributed by atoms with Gasteiger partial charge in [0.05, 0.1) is 32.6 Å². The van der Waals surface area contributed by atoms with Crippen molar-refractivity contribution in [3.05, 3.63) is 63.7 Å². The SMILES string of the molecule is Clc1ccc(-n2nncc2-c2ccccc2Cl)cc1Cl. The maximum atomic E-state index is 6.22. The van der Waals surface area contributed by atoms with Gasteiger partial charge in [0.25, 0.3) is 0 Å². The smallest absolute Gasteiger partial charge is 0.0959 e. The topological polar surface area (TPSA) is 30.7 Å². The highest BCUT2D eigenvalue weighted by Gasteiger charge is 2.12. The highest BCUT2D eigenvalue weighted by molar-refractivity contribution is 6.42. The summed E-state index contributed by atoms with van der Waals surface area (Å²) in [5.41, 5.74) is 2.41. The number of aromatic nitrogens is 3. The Balaban J connectivity index is 2.15. The van der Waals surface area contributed by atoms with Gasteiger partial charge in [0.15, 0.2) is 0 Å². The largest absolute Gasteiger partial charge is 0.213 e. The van der Waals surface area contributed by atoms with Gasteiger partial charge in [-0.05, 0) is 24.3 Å². The highest BCUT2D eigenvalue weighted by Crippen LogP contribution is 2.30. The van der Waals surface area contributed by atoms with Crippen LogP contribution in [0.4, 0.5) is 0 Å². The van der Waals surface area contributed by atoms with Crippen molar-refractivity contribution in [1.29, 1.82) is 0 Å². The molecule has 3 nitrogen and oxygen atoms in total. The van der Waals surface area contributed by atoms with Gasteiger partial charge in [0.2, 0.25) is 0 Å². The summed E-state index contributed by atoms with van der Waals surface area (Å²) in [6, 6.07) is 12.8. The lowest BCUT2D eigenvalue weighted by Gasteiger charge is -2.08. The monoisotopic (exact) mass is 323 g/mol. The minimum atomic E-state index is 0.463. The number of benzene rings is 2. The van der Waals surface area contributed by atoms with E-state index in [1.54, 1.807) is 23.0 Å². The van der Waals surface area contributed by atoms with Crippen molar-refractivity contribution in [1.82, 2.24) is 15.0 Å². The molecule has 2 aromatic carbocycles. The van der Waals surface area contributed by atoms with E-state index in [1.807, 2.05) is 30.3 Å². The second kappa shape index (κ2) is 5.44. The third kappa shape index (κ3) is 2.40. The molecule has 3 rings (SSSR count). The van der Waals surface area contributed by atoms with Crippen molar-refractivity contribution < 1.29 is 0 Å². The molecular formula is C14H8Cl3N3. The lowest BCUT2D eigenvalue weighted by Crippen LogP contribution is -1.99. The van der Waals surface area contributed by atoms with Gasteiger partial charge in [-0.25, -0.2) is 4.68 Å². The van der Waals surface area contributed by atoms with Gasteiger partial charge in [-0.1, -0.05) is 58.2 Å². The first kappa shape index (κ1) is 13.4. The van der Waals surface area contributed by atoms with Gasteiger partial charge in [-0.3, -0.25) is 0 Å². The lowest BCUT2D eigenvalue weighted by atomic mass is 10.1. The van der Waals surface area contributed by atoms with Crippen LogP contribution in [0.2, 0.25) is 15.1 Å². The lowest BCUT2D eigenvalue weighted by molar-refractivity contribution is 0.808. The summed E-state index contributed by atoms with van der Waals surface area (Å²) >= 11 is 18.2. The normalized spacial score (nSPS) is 10.8. The van der Waals surface area contributed by atoms with E-state index in [0.29, 0.717) is 15.1 Å². The number of hydrogen-bond donors (Lipinski definition) is 0. The van der Waals surface area contributed by atoms with E-state index >= 15 is 0 Å². The number of rotatable bonds is 2. The van der Waals surface area contributed by atoms with Crippen LogP contribution in [0.1, 0.15) is 0 Å². The Morgan fingerprint density at radius 2 is 1.65 bits per heavy atom. The molecule has 100 valence electrons. The average Bonchev–Trinajstić information content (AvgIpc) is 2.91. The molecule has 0 unspecified atom stereocenters. The molecule has 0 fully saturated rings. The van der Waals surface area contributed by atoms with Crippen molar-refractivity contribution in [2.24, 2.45) is 0 Å². The van der Waals surface area contributed by atoms with Crippen LogP contribution in [0.3, 0.4) is 0 Å². The van der Waals surface area contributed by atoms with Crippen LogP contribution in [0.25, 0.3) is 16.9 Å². The third-order valence-corrected chi connectivity index (χ3v) is 3.92. The van der Waals surface area contributed by atoms with Gasteiger partial charge < -0.3 is 0 Å². The van der Waals surface area contributed by atoms with Crippen LogP contribution in [0.15, 0.2) is 48.7 Å². The van der Waals surface area contributed by atoms with Crippen LogP contribution < -0.4 is 0 Å². The van der Waals surface area contributed by atoms with E-state index in [9.17, 15) is 0 Å². The predicted molar refractivity (Wildman–Crippen MR) is 81.8 cm³/mol. The molecule has 0 amide bonds. The Morgan fingerprint density at radius 3 is 2.40 bits per heavy atom. The van der Waals surface area contributed by atoms with Gasteiger partial charge in [-0.2, -0.15) is 0 Å². The molecule has 0 aliphatic heterocycles. The fourth-order valence-electron chi connectivity index (χ4n) is 1.90. The summed E-state index contributed by atoms with van der Waals surface area (Å²) in [6.45, 7) is 0. The quantitative estimate of drug-likeness (QED) is 0.671. The minimum absolute atomic E-state index is 0.463. The molecule has 3 aromatic rings. The number of halogens is 3. The summed E-state index contributed by atoms with van der Waals surface area (Å²) in [5.74, 6) is 0. The van der Waals surface area contributed by atoms with Crippen molar-refractivity contribution >= 4 is 34.8 Å². The first-order valence-electron chi connectivity index (χ1n) is 5.78. The highest BCUT2D eigenvalue weighted by atomic mass is 35.5. The van der Waals surface area contributed by atoms with Crippen LogP contribution in [-0.2, 0) is 0 Å². The molecule has 6 heteroatoms. The first-order chi connectivity index (χ1) is 9.66. The molecule has 0 spiro atoms. The summed E-state index contributed by atoms with van der Waals surface area (Å²) < 4.78 is 1.67. The fraction of sp³-hybridized carbons (Fsp3) is 0. The van der Waals surface area contributed by atoms with Crippen LogP contribution in [-0.4, -0.2) is 15.0 Å². The third-order valence-electron chi connectivity index (χ3n) is 2.85. The summed E-state index contributed by atoms with van der Waals surface area (Å²) in [4.78, 5) is 0. The molecule has 1 heterocycles. The van der Waals surface area contributed by atoms with E-state index in [4.69, 9.17) is 34.8 Å².